The van der Waals surface area contributed by atoms with Gasteiger partial charge in [-0.25, -0.2) is 0 Å². The van der Waals surface area contributed by atoms with E-state index in [2.05, 4.69) is 25.7 Å². The lowest BCUT2D eigenvalue weighted by Gasteiger charge is -2.61. The molecular weight excluding hydrogens is 436 g/mol. The first-order valence-electron chi connectivity index (χ1n) is 13.6. The molecule has 4 heteroatoms. The summed E-state index contributed by atoms with van der Waals surface area (Å²) in [4.78, 5) is 23.9. The van der Waals surface area contributed by atoms with Crippen LogP contribution in [0, 0.1) is 46.3 Å². The molecular formula is C31H40O4. The number of benzene rings is 1. The molecule has 4 fully saturated rings. The molecule has 0 N–H and O–H groups in total. The third-order valence-corrected chi connectivity index (χ3v) is 10.5. The molecule has 4 nitrogen and oxygen atoms in total. The zero-order valence-corrected chi connectivity index (χ0v) is 21.8. The van der Waals surface area contributed by atoms with Crippen molar-refractivity contribution in [1.29, 1.82) is 0 Å². The third-order valence-electron chi connectivity index (χ3n) is 10.5. The topological polar surface area (TPSA) is 52.6 Å². The maximum absolute atomic E-state index is 12.1. The maximum Gasteiger partial charge on any atom is 0.304 e. The van der Waals surface area contributed by atoms with Gasteiger partial charge >= 0.3 is 11.9 Å². The second kappa shape index (κ2) is 8.99. The Morgan fingerprint density at radius 2 is 1.60 bits per heavy atom. The predicted octanol–water partition coefficient (Wildman–Crippen LogP) is 6.31. The van der Waals surface area contributed by atoms with E-state index in [-0.39, 0.29) is 28.9 Å². The molecule has 188 valence electrons. The van der Waals surface area contributed by atoms with Crippen LogP contribution in [-0.2, 0) is 19.1 Å². The fraction of sp³-hybridized carbons (Fsp3) is 0.677. The first-order valence-corrected chi connectivity index (χ1v) is 13.6. The van der Waals surface area contributed by atoms with Gasteiger partial charge in [-0.1, -0.05) is 38.0 Å². The van der Waals surface area contributed by atoms with Crippen LogP contribution in [0.4, 0.5) is 0 Å². The molecule has 0 aliphatic heterocycles. The van der Waals surface area contributed by atoms with Gasteiger partial charge in [0.25, 0.3) is 0 Å². The van der Waals surface area contributed by atoms with Crippen molar-refractivity contribution >= 4 is 11.9 Å². The number of esters is 2. The Hall–Kier alpha value is -2.28. The molecule has 1 aromatic carbocycles. The summed E-state index contributed by atoms with van der Waals surface area (Å²) < 4.78 is 11.8. The van der Waals surface area contributed by atoms with Crippen molar-refractivity contribution in [1.82, 2.24) is 0 Å². The number of carbonyl (C=O) groups excluding carboxylic acids is 2. The summed E-state index contributed by atoms with van der Waals surface area (Å²) in [5.74, 6) is 8.91. The predicted molar refractivity (Wildman–Crippen MR) is 135 cm³/mol. The molecule has 8 atom stereocenters. The zero-order chi connectivity index (χ0) is 24.8. The molecule has 1 aromatic rings. The minimum atomic E-state index is -0.685. The highest BCUT2D eigenvalue weighted by molar-refractivity contribution is 5.67. The van der Waals surface area contributed by atoms with E-state index < -0.39 is 5.60 Å². The van der Waals surface area contributed by atoms with E-state index in [0.29, 0.717) is 23.7 Å². The lowest BCUT2D eigenvalue weighted by Crippen LogP contribution is -2.56. The Morgan fingerprint density at radius 1 is 0.857 bits per heavy atom. The van der Waals surface area contributed by atoms with Crippen molar-refractivity contribution in [2.24, 2.45) is 34.5 Å². The number of hydrogen-bond acceptors (Lipinski definition) is 4. The monoisotopic (exact) mass is 476 g/mol. The zero-order valence-electron chi connectivity index (χ0n) is 21.8. The summed E-state index contributed by atoms with van der Waals surface area (Å²) in [6.07, 6.45) is 9.69. The third kappa shape index (κ3) is 4.30. The van der Waals surface area contributed by atoms with Gasteiger partial charge in [0.2, 0.25) is 0 Å². The summed E-state index contributed by atoms with van der Waals surface area (Å²) in [5, 5.41) is 0. The van der Waals surface area contributed by atoms with Crippen LogP contribution < -0.4 is 0 Å². The van der Waals surface area contributed by atoms with E-state index in [1.807, 2.05) is 30.3 Å². The van der Waals surface area contributed by atoms with Gasteiger partial charge in [-0.2, -0.15) is 0 Å². The Kier molecular flexibility index (Phi) is 6.27. The highest BCUT2D eigenvalue weighted by Gasteiger charge is 2.62. The van der Waals surface area contributed by atoms with E-state index in [0.717, 1.165) is 37.7 Å². The van der Waals surface area contributed by atoms with Gasteiger partial charge in [0.05, 0.1) is 0 Å². The lowest BCUT2D eigenvalue weighted by atomic mass is 9.44. The van der Waals surface area contributed by atoms with Crippen LogP contribution in [0.5, 0.6) is 0 Å². The largest absolute Gasteiger partial charge is 0.462 e. The van der Waals surface area contributed by atoms with Gasteiger partial charge in [-0.15, -0.1) is 0 Å². The molecule has 0 heterocycles. The molecule has 0 radical (unpaired) electrons. The summed E-state index contributed by atoms with van der Waals surface area (Å²) in [6, 6.07) is 10.00. The molecule has 0 aromatic heterocycles. The van der Waals surface area contributed by atoms with Crippen LogP contribution in [0.3, 0.4) is 0 Å². The Balaban J connectivity index is 1.38. The summed E-state index contributed by atoms with van der Waals surface area (Å²) in [5.41, 5.74) is 0.649. The van der Waals surface area contributed by atoms with Crippen LogP contribution >= 0.6 is 0 Å². The second-order valence-electron chi connectivity index (χ2n) is 12.3. The molecule has 0 amide bonds. The minimum Gasteiger partial charge on any atom is -0.462 e. The van der Waals surface area contributed by atoms with Crippen molar-refractivity contribution in [2.75, 3.05) is 0 Å². The van der Waals surface area contributed by atoms with Gasteiger partial charge < -0.3 is 9.47 Å². The van der Waals surface area contributed by atoms with Gasteiger partial charge in [-0.05, 0) is 98.5 Å². The van der Waals surface area contributed by atoms with Crippen molar-refractivity contribution in [3.05, 3.63) is 35.9 Å². The van der Waals surface area contributed by atoms with Crippen LogP contribution in [0.2, 0.25) is 0 Å². The smallest absolute Gasteiger partial charge is 0.304 e. The average molecular weight is 477 g/mol. The standard InChI is InChI=1S/C31H40O4/c1-21(32)34-28-13-12-26-25-11-10-24-20-31(35-22(2)33,17-14-23-8-6-5-7-9-23)19-18-29(24,3)27(25)15-16-30(26,28)4/h5-9,24-28H,10-13,15-16,18-20H2,1-4H3/t24-,25-,26+,27-,28-,29-,30-,31+/m0/s1. The van der Waals surface area contributed by atoms with E-state index in [9.17, 15) is 9.59 Å². The van der Waals surface area contributed by atoms with Gasteiger partial charge in [0.1, 0.15) is 6.10 Å². The average Bonchev–Trinajstić information content (AvgIpc) is 3.14. The number of ether oxygens (including phenoxy) is 2. The first-order chi connectivity index (χ1) is 16.7. The fourth-order valence-electron chi connectivity index (χ4n) is 8.79. The van der Waals surface area contributed by atoms with Crippen LogP contribution in [0.15, 0.2) is 30.3 Å². The van der Waals surface area contributed by atoms with Crippen LogP contribution in [0.25, 0.3) is 0 Å². The maximum atomic E-state index is 12.1. The molecule has 4 aliphatic carbocycles. The van der Waals surface area contributed by atoms with Crippen molar-refractivity contribution in [3.63, 3.8) is 0 Å². The molecule has 4 aliphatic rings. The highest BCUT2D eigenvalue weighted by Crippen LogP contribution is 2.67. The number of rotatable bonds is 2. The van der Waals surface area contributed by atoms with Crippen molar-refractivity contribution in [2.45, 2.75) is 97.2 Å². The summed E-state index contributed by atoms with van der Waals surface area (Å²) >= 11 is 0. The molecule has 0 bridgehead atoms. The number of fused-ring (bicyclic) bond motifs is 5. The normalized spacial score (nSPS) is 41.9. The van der Waals surface area contributed by atoms with Gasteiger partial charge in [0.15, 0.2) is 5.60 Å². The molecule has 35 heavy (non-hydrogen) atoms. The highest BCUT2D eigenvalue weighted by atomic mass is 16.6. The van der Waals surface area contributed by atoms with Crippen LogP contribution in [0.1, 0.15) is 91.0 Å². The summed E-state index contributed by atoms with van der Waals surface area (Å²) in [6.45, 7) is 7.96. The van der Waals surface area contributed by atoms with E-state index >= 15 is 0 Å². The Morgan fingerprint density at radius 3 is 2.31 bits per heavy atom. The van der Waals surface area contributed by atoms with E-state index in [1.165, 1.54) is 32.6 Å². The fourth-order valence-corrected chi connectivity index (χ4v) is 8.79. The second-order valence-corrected chi connectivity index (χ2v) is 12.3. The number of hydrogen-bond donors (Lipinski definition) is 0. The van der Waals surface area contributed by atoms with E-state index in [4.69, 9.17) is 9.47 Å². The van der Waals surface area contributed by atoms with Crippen LogP contribution in [-0.4, -0.2) is 23.6 Å². The molecule has 0 unspecified atom stereocenters. The summed E-state index contributed by atoms with van der Waals surface area (Å²) in [7, 11) is 0. The SMILES string of the molecule is CC(=O)O[C@H]1CC[C@@H]2[C@@H]3CC[C@H]4C[C@](C#Cc5ccccc5)(OC(C)=O)CC[C@]4(C)[C@H]3CC[C@]12C. The van der Waals surface area contributed by atoms with E-state index in [1.54, 1.807) is 6.92 Å². The minimum absolute atomic E-state index is 0.0766. The first kappa shape index (κ1) is 24.4. The Labute approximate surface area is 210 Å². The molecule has 0 spiro atoms. The number of carbonyl (C=O) groups is 2. The van der Waals surface area contributed by atoms with Gasteiger partial charge in [0, 0.05) is 31.2 Å². The van der Waals surface area contributed by atoms with Crippen molar-refractivity contribution < 1.29 is 19.1 Å². The Bertz CT molecular complexity index is 1040. The van der Waals surface area contributed by atoms with Crippen molar-refractivity contribution in [3.8, 4) is 11.8 Å². The molecule has 4 saturated carbocycles. The quantitative estimate of drug-likeness (QED) is 0.370. The van der Waals surface area contributed by atoms with Gasteiger partial charge in [-0.3, -0.25) is 9.59 Å². The molecule has 0 saturated heterocycles. The molecule has 5 rings (SSSR count). The lowest BCUT2D eigenvalue weighted by molar-refractivity contribution is -0.175.